The zero-order valence-corrected chi connectivity index (χ0v) is 19.8. The topological polar surface area (TPSA) is 80.7 Å². The Morgan fingerprint density at radius 1 is 1.07 bits per heavy atom. The van der Waals surface area contributed by atoms with Crippen LogP contribution in [0.2, 0.25) is 0 Å². The number of benzene rings is 1. The van der Waals surface area contributed by atoms with E-state index in [1.165, 1.54) is 33.5 Å². The smallest absolute Gasteiger partial charge is 0.258 e. The number of carbonyl (C=O) groups is 1. The third kappa shape index (κ3) is 4.10. The molecule has 3 heterocycles. The predicted octanol–water partition coefficient (Wildman–Crippen LogP) is 5.86. The fourth-order valence-corrected chi connectivity index (χ4v) is 5.75. The molecule has 0 fully saturated rings. The van der Waals surface area contributed by atoms with Crippen LogP contribution in [0.25, 0.3) is 10.2 Å². The Morgan fingerprint density at radius 2 is 1.83 bits per heavy atom. The van der Waals surface area contributed by atoms with Crippen molar-refractivity contribution in [1.29, 1.82) is 0 Å². The van der Waals surface area contributed by atoms with Crippen LogP contribution in [-0.2, 0) is 5.41 Å². The molecule has 0 saturated heterocycles. The average Bonchev–Trinajstić information content (AvgIpc) is 3.27. The monoisotopic (exact) mass is 455 g/mol. The first-order chi connectivity index (χ1) is 14.2. The average molecular weight is 456 g/mol. The van der Waals surface area contributed by atoms with Crippen molar-refractivity contribution in [2.24, 2.45) is 0 Å². The first-order valence-electron chi connectivity index (χ1n) is 9.37. The number of carbonyl (C=O) groups excluding carboxylic acids is 1. The number of hydrogen-bond donors (Lipinski definition) is 1. The van der Waals surface area contributed by atoms with Gasteiger partial charge in [0.25, 0.3) is 5.91 Å². The second-order valence-electron chi connectivity index (χ2n) is 7.86. The number of thiophene rings is 1. The molecule has 0 atom stereocenters. The summed E-state index contributed by atoms with van der Waals surface area (Å²) < 4.78 is 0. The Labute approximate surface area is 187 Å². The number of amides is 1. The molecule has 0 aliphatic rings. The molecule has 0 saturated carbocycles. The molecule has 0 aliphatic heterocycles. The van der Waals surface area contributed by atoms with Crippen LogP contribution < -0.4 is 5.32 Å². The largest absolute Gasteiger partial charge is 0.296 e. The first-order valence-corrected chi connectivity index (χ1v) is 11.8. The Balaban J connectivity index is 1.64. The van der Waals surface area contributed by atoms with Crippen LogP contribution >= 0.6 is 34.4 Å². The van der Waals surface area contributed by atoms with Gasteiger partial charge in [0.05, 0.1) is 5.56 Å². The maximum Gasteiger partial charge on any atom is 0.258 e. The number of nitrogens with one attached hydrogen (secondary N) is 1. The van der Waals surface area contributed by atoms with Gasteiger partial charge in [-0.1, -0.05) is 56.0 Å². The second kappa shape index (κ2) is 8.05. The van der Waals surface area contributed by atoms with Crippen LogP contribution in [0, 0.1) is 13.8 Å². The molecule has 9 heteroatoms. The lowest BCUT2D eigenvalue weighted by molar-refractivity contribution is 0.102. The fourth-order valence-electron chi connectivity index (χ4n) is 2.82. The normalized spacial score (nSPS) is 11.8. The van der Waals surface area contributed by atoms with Crippen molar-refractivity contribution in [3.8, 4) is 0 Å². The fraction of sp³-hybridized carbons (Fsp3) is 0.286. The molecule has 154 valence electrons. The Hall–Kier alpha value is -2.36. The van der Waals surface area contributed by atoms with Crippen molar-refractivity contribution in [3.05, 3.63) is 51.6 Å². The van der Waals surface area contributed by atoms with Gasteiger partial charge < -0.3 is 0 Å². The SMILES string of the molecule is Cc1sc2ncnc(Sc3ccccc3C(=O)Nc3nnc(C(C)(C)C)s3)c2c1C. The van der Waals surface area contributed by atoms with Gasteiger partial charge in [-0.05, 0) is 31.5 Å². The molecule has 0 aliphatic carbocycles. The summed E-state index contributed by atoms with van der Waals surface area (Å²) >= 11 is 4.54. The molecule has 4 aromatic rings. The third-order valence-corrected chi connectivity index (χ3v) is 8.01. The van der Waals surface area contributed by atoms with Gasteiger partial charge in [0, 0.05) is 20.6 Å². The lowest BCUT2D eigenvalue weighted by Gasteiger charge is -2.12. The molecular formula is C21H21N5OS3. The number of nitrogens with zero attached hydrogens (tertiary/aromatic N) is 4. The molecule has 4 rings (SSSR count). The summed E-state index contributed by atoms with van der Waals surface area (Å²) in [5.41, 5.74) is 1.65. The Morgan fingerprint density at radius 3 is 2.57 bits per heavy atom. The number of aromatic nitrogens is 4. The zero-order valence-electron chi connectivity index (χ0n) is 17.3. The van der Waals surface area contributed by atoms with Gasteiger partial charge in [-0.15, -0.1) is 21.5 Å². The number of fused-ring (bicyclic) bond motifs is 1. The summed E-state index contributed by atoms with van der Waals surface area (Å²) in [6.45, 7) is 10.4. The zero-order chi connectivity index (χ0) is 21.5. The van der Waals surface area contributed by atoms with E-state index in [1.54, 1.807) is 17.7 Å². The quantitative estimate of drug-likeness (QED) is 0.388. The summed E-state index contributed by atoms with van der Waals surface area (Å²) in [5, 5.41) is 14.5. The lowest BCUT2D eigenvalue weighted by Crippen LogP contribution is -2.12. The maximum absolute atomic E-state index is 13.0. The van der Waals surface area contributed by atoms with E-state index in [1.807, 2.05) is 24.3 Å². The van der Waals surface area contributed by atoms with Crippen LogP contribution in [0.5, 0.6) is 0 Å². The van der Waals surface area contributed by atoms with E-state index in [0.717, 1.165) is 25.1 Å². The summed E-state index contributed by atoms with van der Waals surface area (Å²) in [6.07, 6.45) is 1.58. The predicted molar refractivity (Wildman–Crippen MR) is 124 cm³/mol. The highest BCUT2D eigenvalue weighted by atomic mass is 32.2. The van der Waals surface area contributed by atoms with Crippen LogP contribution in [0.1, 0.15) is 46.6 Å². The van der Waals surface area contributed by atoms with Crippen molar-refractivity contribution in [1.82, 2.24) is 20.2 Å². The van der Waals surface area contributed by atoms with Gasteiger partial charge in [-0.3, -0.25) is 10.1 Å². The van der Waals surface area contributed by atoms with E-state index in [2.05, 4.69) is 60.1 Å². The van der Waals surface area contributed by atoms with E-state index in [0.29, 0.717) is 10.7 Å². The molecule has 0 bridgehead atoms. The highest BCUT2D eigenvalue weighted by molar-refractivity contribution is 7.99. The van der Waals surface area contributed by atoms with E-state index in [9.17, 15) is 4.79 Å². The van der Waals surface area contributed by atoms with E-state index >= 15 is 0 Å². The number of hydrogen-bond acceptors (Lipinski definition) is 8. The minimum absolute atomic E-state index is 0.108. The Bertz CT molecular complexity index is 1240. The molecule has 0 spiro atoms. The summed E-state index contributed by atoms with van der Waals surface area (Å²) in [7, 11) is 0. The standard InChI is InChI=1S/C21H21N5OS3/c1-11-12(2)28-17-15(11)18(23-10-22-17)29-14-9-7-6-8-13(14)16(27)24-20-26-25-19(30-20)21(3,4)5/h6-10H,1-5H3,(H,24,26,27). The van der Waals surface area contributed by atoms with Gasteiger partial charge >= 0.3 is 0 Å². The molecular weight excluding hydrogens is 434 g/mol. The van der Waals surface area contributed by atoms with Gasteiger partial charge in [0.15, 0.2) is 0 Å². The number of rotatable bonds is 4. The van der Waals surface area contributed by atoms with Crippen LogP contribution in [-0.4, -0.2) is 26.1 Å². The summed E-state index contributed by atoms with van der Waals surface area (Å²) in [6, 6.07) is 7.53. The molecule has 3 aromatic heterocycles. The number of anilines is 1. The van der Waals surface area contributed by atoms with Crippen LogP contribution in [0.15, 0.2) is 40.5 Å². The maximum atomic E-state index is 13.0. The van der Waals surface area contributed by atoms with Gasteiger partial charge in [-0.2, -0.15) is 0 Å². The van der Waals surface area contributed by atoms with Crippen molar-refractivity contribution in [2.75, 3.05) is 5.32 Å². The van der Waals surface area contributed by atoms with E-state index < -0.39 is 0 Å². The van der Waals surface area contributed by atoms with Gasteiger partial charge in [0.2, 0.25) is 5.13 Å². The van der Waals surface area contributed by atoms with Crippen LogP contribution in [0.3, 0.4) is 0 Å². The minimum atomic E-state index is -0.210. The Kier molecular flexibility index (Phi) is 5.61. The molecule has 6 nitrogen and oxygen atoms in total. The van der Waals surface area contributed by atoms with Crippen molar-refractivity contribution < 1.29 is 4.79 Å². The van der Waals surface area contributed by atoms with Crippen LogP contribution in [0.4, 0.5) is 5.13 Å². The molecule has 1 amide bonds. The van der Waals surface area contributed by atoms with Crippen molar-refractivity contribution in [3.63, 3.8) is 0 Å². The highest BCUT2D eigenvalue weighted by Crippen LogP contribution is 2.38. The van der Waals surface area contributed by atoms with E-state index in [4.69, 9.17) is 0 Å². The second-order valence-corrected chi connectivity index (χ2v) is 11.1. The summed E-state index contributed by atoms with van der Waals surface area (Å²) in [4.78, 5) is 24.9. The third-order valence-electron chi connectivity index (χ3n) is 4.56. The molecule has 0 radical (unpaired) electrons. The van der Waals surface area contributed by atoms with Gasteiger partial charge in [-0.25, -0.2) is 9.97 Å². The summed E-state index contributed by atoms with van der Waals surface area (Å²) in [5.74, 6) is -0.210. The highest BCUT2D eigenvalue weighted by Gasteiger charge is 2.21. The molecule has 0 unspecified atom stereocenters. The van der Waals surface area contributed by atoms with E-state index in [-0.39, 0.29) is 11.3 Å². The minimum Gasteiger partial charge on any atom is -0.296 e. The van der Waals surface area contributed by atoms with Crippen molar-refractivity contribution in [2.45, 2.75) is 50.0 Å². The molecule has 1 N–H and O–H groups in total. The first kappa shape index (κ1) is 20.9. The molecule has 30 heavy (non-hydrogen) atoms. The van der Waals surface area contributed by atoms with Crippen molar-refractivity contribution >= 4 is 55.7 Å². The lowest BCUT2D eigenvalue weighted by atomic mass is 9.98. The molecule has 1 aromatic carbocycles. The van der Waals surface area contributed by atoms with Gasteiger partial charge in [0.1, 0.15) is 21.2 Å². The number of aryl methyl sites for hydroxylation is 2.